The molecule has 0 spiro atoms. The highest BCUT2D eigenvalue weighted by Gasteiger charge is 2.76. The van der Waals surface area contributed by atoms with Gasteiger partial charge in [-0.3, -0.25) is 9.59 Å². The summed E-state index contributed by atoms with van der Waals surface area (Å²) in [6.07, 6.45) is 0.903. The first-order valence-electron chi connectivity index (χ1n) is 11.2. The molecule has 1 aromatic rings. The van der Waals surface area contributed by atoms with Gasteiger partial charge in [-0.05, 0) is 47.0 Å². The molecule has 188 valence electrons. The summed E-state index contributed by atoms with van der Waals surface area (Å²) in [7, 11) is 0. The summed E-state index contributed by atoms with van der Waals surface area (Å²) in [5.74, 6) is -2.94. The van der Waals surface area contributed by atoms with Gasteiger partial charge in [0.1, 0.15) is 24.0 Å². The number of aromatic nitrogens is 3. The van der Waals surface area contributed by atoms with E-state index in [1.807, 2.05) is 0 Å². The zero-order valence-corrected chi connectivity index (χ0v) is 20.7. The summed E-state index contributed by atoms with van der Waals surface area (Å²) in [6.45, 7) is 8.39. The highest BCUT2D eigenvalue weighted by Crippen LogP contribution is 2.66. The quantitative estimate of drug-likeness (QED) is 0.332. The van der Waals surface area contributed by atoms with Crippen molar-refractivity contribution in [3.63, 3.8) is 0 Å². The van der Waals surface area contributed by atoms with Gasteiger partial charge in [-0.2, -0.15) is 0 Å². The molecule has 0 saturated heterocycles. The maximum Gasteiger partial charge on any atom is 0.408 e. The van der Waals surface area contributed by atoms with Crippen LogP contribution in [0.4, 0.5) is 4.79 Å². The summed E-state index contributed by atoms with van der Waals surface area (Å²) in [4.78, 5) is 53.5. The number of esters is 2. The second kappa shape index (κ2) is 10.2. The van der Waals surface area contributed by atoms with E-state index in [0.29, 0.717) is 5.16 Å². The predicted octanol–water partition coefficient (Wildman–Crippen LogP) is 1.04. The van der Waals surface area contributed by atoms with Crippen molar-refractivity contribution in [3.05, 3.63) is 6.33 Å². The van der Waals surface area contributed by atoms with Crippen LogP contribution in [0.5, 0.6) is 0 Å². The normalized spacial score (nSPS) is 27.3. The molecule has 13 heteroatoms. The average Bonchev–Trinajstić information content (AvgIpc) is 3.13. The minimum atomic E-state index is -1.44. The van der Waals surface area contributed by atoms with Crippen LogP contribution in [0.2, 0.25) is 0 Å². The van der Waals surface area contributed by atoms with Gasteiger partial charge in [0, 0.05) is 11.2 Å². The number of aromatic amines is 1. The molecule has 2 fully saturated rings. The van der Waals surface area contributed by atoms with Crippen molar-refractivity contribution in [2.24, 2.45) is 17.8 Å². The topological polar surface area (TPSA) is 162 Å². The second-order valence-corrected chi connectivity index (χ2v) is 10.4. The van der Waals surface area contributed by atoms with Crippen molar-refractivity contribution in [1.82, 2.24) is 25.8 Å². The zero-order chi connectivity index (χ0) is 25.1. The lowest BCUT2D eigenvalue weighted by Gasteiger charge is -2.32. The molecule has 3 rings (SSSR count). The number of nitrogens with zero attached hydrogens (tertiary/aromatic N) is 2. The van der Waals surface area contributed by atoms with Gasteiger partial charge >= 0.3 is 18.0 Å². The lowest BCUT2D eigenvalue weighted by molar-refractivity contribution is -0.155. The molecular weight excluding hydrogens is 466 g/mol. The van der Waals surface area contributed by atoms with Crippen LogP contribution in [0, 0.1) is 17.8 Å². The van der Waals surface area contributed by atoms with Crippen LogP contribution in [0.25, 0.3) is 0 Å². The highest BCUT2D eigenvalue weighted by atomic mass is 32.2. The Morgan fingerprint density at radius 1 is 1.21 bits per heavy atom. The number of hydrogen-bond donors (Lipinski definition) is 3. The number of carbonyl (C=O) groups is 4. The maximum atomic E-state index is 13.2. The lowest BCUT2D eigenvalue weighted by Crippen LogP contribution is -2.59. The fourth-order valence-electron chi connectivity index (χ4n) is 4.50. The van der Waals surface area contributed by atoms with Crippen molar-refractivity contribution in [1.29, 1.82) is 0 Å². The number of nitrogens with one attached hydrogen (secondary N) is 3. The van der Waals surface area contributed by atoms with Crippen molar-refractivity contribution in [3.8, 4) is 0 Å². The highest BCUT2D eigenvalue weighted by molar-refractivity contribution is 7.99. The number of thioether (sulfide) groups is 1. The molecule has 2 amide bonds. The van der Waals surface area contributed by atoms with E-state index in [-0.39, 0.29) is 30.8 Å². The molecule has 2 aliphatic carbocycles. The minimum absolute atomic E-state index is 0.105. The summed E-state index contributed by atoms with van der Waals surface area (Å²) < 4.78 is 15.7. The SMILES string of the molecule is CCOC(=O)[C@H]1[C@H]2[C@@H]1[C@](NC(=O)CNC(=O)OC(C)(C)C)(C(=O)OCC)C[C@H]2Sc1nnc[nH]1. The number of fused-ring (bicyclic) bond motifs is 1. The van der Waals surface area contributed by atoms with E-state index < -0.39 is 53.5 Å². The molecule has 0 bridgehead atoms. The van der Waals surface area contributed by atoms with Gasteiger partial charge in [0.05, 0.1) is 19.1 Å². The van der Waals surface area contributed by atoms with Crippen molar-refractivity contribution >= 4 is 35.7 Å². The number of H-pyrrole nitrogens is 1. The van der Waals surface area contributed by atoms with Gasteiger partial charge in [0.2, 0.25) is 5.91 Å². The lowest BCUT2D eigenvalue weighted by atomic mass is 9.89. The fraction of sp³-hybridized carbons (Fsp3) is 0.714. The van der Waals surface area contributed by atoms with Gasteiger partial charge < -0.3 is 29.8 Å². The molecule has 1 aromatic heterocycles. The Hall–Kier alpha value is -2.83. The van der Waals surface area contributed by atoms with Crippen LogP contribution < -0.4 is 10.6 Å². The van der Waals surface area contributed by atoms with E-state index in [4.69, 9.17) is 14.2 Å². The first-order chi connectivity index (χ1) is 16.0. The van der Waals surface area contributed by atoms with Crippen LogP contribution in [0.1, 0.15) is 41.0 Å². The number of rotatable bonds is 9. The van der Waals surface area contributed by atoms with Gasteiger partial charge in [-0.1, -0.05) is 11.8 Å². The smallest absolute Gasteiger partial charge is 0.408 e. The number of alkyl carbamates (subject to hydrolysis) is 1. The molecule has 5 atom stereocenters. The van der Waals surface area contributed by atoms with E-state index >= 15 is 0 Å². The Bertz CT molecular complexity index is 919. The van der Waals surface area contributed by atoms with E-state index in [9.17, 15) is 19.2 Å². The Balaban J connectivity index is 1.80. The number of carbonyl (C=O) groups excluding carboxylic acids is 4. The third-order valence-electron chi connectivity index (χ3n) is 5.61. The monoisotopic (exact) mass is 497 g/mol. The summed E-state index contributed by atoms with van der Waals surface area (Å²) >= 11 is 1.35. The molecule has 0 aliphatic heterocycles. The number of hydrogen-bond acceptors (Lipinski definition) is 10. The predicted molar refractivity (Wildman–Crippen MR) is 119 cm³/mol. The molecule has 12 nitrogen and oxygen atoms in total. The van der Waals surface area contributed by atoms with E-state index in [1.165, 1.54) is 18.1 Å². The molecule has 1 heterocycles. The van der Waals surface area contributed by atoms with Gasteiger partial charge in [0.25, 0.3) is 0 Å². The first kappa shape index (κ1) is 25.8. The largest absolute Gasteiger partial charge is 0.466 e. The Morgan fingerprint density at radius 3 is 2.50 bits per heavy atom. The van der Waals surface area contributed by atoms with Crippen LogP contribution >= 0.6 is 11.8 Å². The Labute approximate surface area is 201 Å². The van der Waals surface area contributed by atoms with Gasteiger partial charge in [0.15, 0.2) is 5.16 Å². The molecule has 0 radical (unpaired) electrons. The molecule has 2 saturated carbocycles. The Kier molecular flexibility index (Phi) is 7.74. The van der Waals surface area contributed by atoms with Crippen LogP contribution in [0.3, 0.4) is 0 Å². The number of amides is 2. The van der Waals surface area contributed by atoms with E-state index in [2.05, 4.69) is 25.8 Å². The second-order valence-electron chi connectivity index (χ2n) is 9.13. The number of ether oxygens (including phenoxy) is 3. The third-order valence-corrected chi connectivity index (χ3v) is 6.81. The maximum absolute atomic E-state index is 13.2. The third kappa shape index (κ3) is 5.62. The van der Waals surface area contributed by atoms with E-state index in [1.54, 1.807) is 34.6 Å². The summed E-state index contributed by atoms with van der Waals surface area (Å²) in [6, 6.07) is 0. The van der Waals surface area contributed by atoms with E-state index in [0.717, 1.165) is 0 Å². The van der Waals surface area contributed by atoms with Crippen molar-refractivity contribution in [2.75, 3.05) is 19.8 Å². The van der Waals surface area contributed by atoms with Gasteiger partial charge in [-0.15, -0.1) is 10.2 Å². The molecular formula is C21H31N5O7S. The summed E-state index contributed by atoms with van der Waals surface area (Å²) in [5.41, 5.74) is -2.17. The first-order valence-corrected chi connectivity index (χ1v) is 12.0. The molecule has 2 aliphatic rings. The van der Waals surface area contributed by atoms with Crippen molar-refractivity contribution < 1.29 is 33.4 Å². The molecule has 0 aromatic carbocycles. The van der Waals surface area contributed by atoms with Gasteiger partial charge in [-0.25, -0.2) is 9.59 Å². The molecule has 34 heavy (non-hydrogen) atoms. The molecule has 0 unspecified atom stereocenters. The molecule has 3 N–H and O–H groups in total. The Morgan fingerprint density at radius 2 is 1.91 bits per heavy atom. The fourth-order valence-corrected chi connectivity index (χ4v) is 5.85. The van der Waals surface area contributed by atoms with Crippen LogP contribution in [-0.2, 0) is 28.6 Å². The van der Waals surface area contributed by atoms with Crippen LogP contribution in [0.15, 0.2) is 11.5 Å². The average molecular weight is 498 g/mol. The standard InChI is InChI=1S/C21H31N5O7S/c1-6-31-16(28)14-13-11(34-18-23-10-24-26-18)8-21(15(13)14,17(29)32-7-2)25-12(27)9-22-19(30)33-20(3,4)5/h10-11,13-15H,6-9H2,1-5H3,(H,22,30)(H,25,27)(H,23,24,26)/t11-,13+,14+,15+,21+/m1/s1. The minimum Gasteiger partial charge on any atom is -0.466 e. The zero-order valence-electron chi connectivity index (χ0n) is 19.9. The van der Waals surface area contributed by atoms with Crippen molar-refractivity contribution in [2.45, 2.75) is 62.6 Å². The summed E-state index contributed by atoms with van der Waals surface area (Å²) in [5, 5.41) is 13.2. The van der Waals surface area contributed by atoms with Crippen LogP contribution in [-0.4, -0.2) is 75.3 Å².